The van der Waals surface area contributed by atoms with Gasteiger partial charge in [-0.3, -0.25) is 9.59 Å². The van der Waals surface area contributed by atoms with Crippen molar-refractivity contribution < 1.29 is 19.1 Å². The van der Waals surface area contributed by atoms with Gasteiger partial charge in [-0.25, -0.2) is 4.79 Å². The van der Waals surface area contributed by atoms with Gasteiger partial charge in [0.2, 0.25) is 5.91 Å². The zero-order valence-corrected chi connectivity index (χ0v) is 26.3. The number of amides is 3. The van der Waals surface area contributed by atoms with Crippen LogP contribution in [0.15, 0.2) is 72.8 Å². The van der Waals surface area contributed by atoms with Crippen LogP contribution in [0.4, 0.5) is 10.5 Å². The van der Waals surface area contributed by atoms with E-state index < -0.39 is 41.6 Å². The Morgan fingerprint density at radius 2 is 1.55 bits per heavy atom. The van der Waals surface area contributed by atoms with Crippen LogP contribution in [0.1, 0.15) is 69.8 Å². The lowest BCUT2D eigenvalue weighted by Crippen LogP contribution is -2.55. The molecule has 0 saturated carbocycles. The highest BCUT2D eigenvalue weighted by atomic mass is 35.5. The number of carbonyl (C=O) groups excluding carboxylic acids is 3. The zero-order valence-electron chi connectivity index (χ0n) is 25.5. The first-order valence-corrected chi connectivity index (χ1v) is 14.7. The summed E-state index contributed by atoms with van der Waals surface area (Å²) in [6.45, 7) is 12.9. The van der Waals surface area contributed by atoms with Gasteiger partial charge in [-0.1, -0.05) is 85.3 Å². The highest BCUT2D eigenvalue weighted by molar-refractivity contribution is 6.34. The van der Waals surface area contributed by atoms with E-state index in [0.29, 0.717) is 16.3 Å². The van der Waals surface area contributed by atoms with Gasteiger partial charge in [-0.05, 0) is 76.3 Å². The highest BCUT2D eigenvalue weighted by Crippen LogP contribution is 2.31. The number of aryl methyl sites for hydroxylation is 2. The van der Waals surface area contributed by atoms with Crippen molar-refractivity contribution in [3.8, 4) is 0 Å². The third-order valence-corrected chi connectivity index (χ3v) is 7.10. The number of nitrogens with one attached hydrogen (secondary N) is 2. The Labute approximate surface area is 254 Å². The summed E-state index contributed by atoms with van der Waals surface area (Å²) in [6.07, 6.45) is 0.344. The molecule has 0 bridgehead atoms. The van der Waals surface area contributed by atoms with Crippen LogP contribution in [-0.2, 0) is 27.2 Å². The second-order valence-corrected chi connectivity index (χ2v) is 12.1. The summed E-state index contributed by atoms with van der Waals surface area (Å²) in [4.78, 5) is 43.1. The van der Waals surface area contributed by atoms with Gasteiger partial charge >= 0.3 is 6.09 Å². The van der Waals surface area contributed by atoms with Crippen LogP contribution in [0.3, 0.4) is 0 Å². The molecule has 2 unspecified atom stereocenters. The molecule has 0 heterocycles. The van der Waals surface area contributed by atoms with Gasteiger partial charge in [-0.15, -0.1) is 0 Å². The third kappa shape index (κ3) is 8.83. The summed E-state index contributed by atoms with van der Waals surface area (Å²) in [6, 6.07) is 20.1. The first-order chi connectivity index (χ1) is 19.8. The number of alkyl carbamates (subject to hydrolysis) is 1. The predicted octanol–water partition coefficient (Wildman–Crippen LogP) is 7.26. The number of para-hydroxylation sites is 1. The van der Waals surface area contributed by atoms with Crippen molar-refractivity contribution in [1.29, 1.82) is 0 Å². The summed E-state index contributed by atoms with van der Waals surface area (Å²) >= 11 is 6.46. The summed E-state index contributed by atoms with van der Waals surface area (Å²) < 4.78 is 5.51. The first kappa shape index (κ1) is 32.7. The molecule has 3 rings (SSSR count). The van der Waals surface area contributed by atoms with E-state index in [9.17, 15) is 14.4 Å². The van der Waals surface area contributed by atoms with Gasteiger partial charge in [0.25, 0.3) is 5.91 Å². The Balaban J connectivity index is 2.08. The van der Waals surface area contributed by atoms with E-state index in [1.54, 1.807) is 26.8 Å². The van der Waals surface area contributed by atoms with Gasteiger partial charge in [0.1, 0.15) is 17.7 Å². The van der Waals surface area contributed by atoms with Gasteiger partial charge in [0, 0.05) is 12.5 Å². The van der Waals surface area contributed by atoms with Crippen molar-refractivity contribution in [2.75, 3.05) is 5.32 Å². The smallest absolute Gasteiger partial charge is 0.408 e. The van der Waals surface area contributed by atoms with Crippen molar-refractivity contribution in [3.63, 3.8) is 0 Å². The second kappa shape index (κ2) is 14.4. The number of nitrogens with zero attached hydrogens (tertiary/aromatic N) is 1. The molecular formula is C34H42ClN3O4. The van der Waals surface area contributed by atoms with Crippen LogP contribution < -0.4 is 10.6 Å². The average Bonchev–Trinajstić information content (AvgIpc) is 2.92. The lowest BCUT2D eigenvalue weighted by Gasteiger charge is -2.37. The molecule has 7 nitrogen and oxygen atoms in total. The summed E-state index contributed by atoms with van der Waals surface area (Å²) in [7, 11) is 0. The second-order valence-electron chi connectivity index (χ2n) is 11.6. The predicted molar refractivity (Wildman–Crippen MR) is 169 cm³/mol. The lowest BCUT2D eigenvalue weighted by atomic mass is 9.97. The van der Waals surface area contributed by atoms with Crippen molar-refractivity contribution in [3.05, 3.63) is 100 Å². The van der Waals surface area contributed by atoms with Gasteiger partial charge in [-0.2, -0.15) is 0 Å². The topological polar surface area (TPSA) is 87.7 Å². The van der Waals surface area contributed by atoms with E-state index in [1.165, 1.54) is 4.90 Å². The van der Waals surface area contributed by atoms with Crippen LogP contribution >= 0.6 is 11.6 Å². The Hall–Kier alpha value is -3.84. The molecule has 42 heavy (non-hydrogen) atoms. The first-order valence-electron chi connectivity index (χ1n) is 14.3. The van der Waals surface area contributed by atoms with Crippen molar-refractivity contribution in [1.82, 2.24) is 10.2 Å². The molecule has 8 heteroatoms. The maximum Gasteiger partial charge on any atom is 0.408 e. The maximum absolute atomic E-state index is 14.5. The SMILES string of the molecule is CCc1ccc(C(C(=O)Nc2c(C)cccc2Cl)N(C(=O)C(Cc2ccccc2)NC(=O)OC(C)(C)C)C(C)C)cc1. The lowest BCUT2D eigenvalue weighted by molar-refractivity contribution is -0.142. The van der Waals surface area contributed by atoms with Gasteiger partial charge in [0.05, 0.1) is 10.7 Å². The van der Waals surface area contributed by atoms with E-state index >= 15 is 0 Å². The molecule has 0 saturated heterocycles. The molecule has 0 radical (unpaired) electrons. The molecule has 3 aromatic carbocycles. The van der Waals surface area contributed by atoms with E-state index in [1.807, 2.05) is 87.5 Å². The quantitative estimate of drug-likeness (QED) is 0.260. The van der Waals surface area contributed by atoms with Crippen LogP contribution in [0.25, 0.3) is 0 Å². The summed E-state index contributed by atoms with van der Waals surface area (Å²) in [5.74, 6) is -0.816. The van der Waals surface area contributed by atoms with Crippen LogP contribution in [0.2, 0.25) is 5.02 Å². The number of halogens is 1. The van der Waals surface area contributed by atoms with E-state index in [0.717, 1.165) is 23.1 Å². The minimum Gasteiger partial charge on any atom is -0.444 e. The minimum absolute atomic E-state index is 0.217. The number of hydrogen-bond acceptors (Lipinski definition) is 4. The largest absolute Gasteiger partial charge is 0.444 e. The number of benzene rings is 3. The molecule has 224 valence electrons. The van der Waals surface area contributed by atoms with Gasteiger partial charge < -0.3 is 20.3 Å². The average molecular weight is 592 g/mol. The Kier molecular flexibility index (Phi) is 11.2. The highest BCUT2D eigenvalue weighted by Gasteiger charge is 2.38. The van der Waals surface area contributed by atoms with E-state index in [-0.39, 0.29) is 6.42 Å². The molecule has 3 aromatic rings. The molecule has 0 aliphatic carbocycles. The Bertz CT molecular complexity index is 1350. The Morgan fingerprint density at radius 3 is 2.10 bits per heavy atom. The molecule has 0 spiro atoms. The number of hydrogen-bond donors (Lipinski definition) is 2. The number of carbonyl (C=O) groups is 3. The Morgan fingerprint density at radius 1 is 0.905 bits per heavy atom. The van der Waals surface area contributed by atoms with Crippen molar-refractivity contribution in [2.45, 2.75) is 85.0 Å². The molecule has 2 N–H and O–H groups in total. The molecule has 3 amide bonds. The summed E-state index contributed by atoms with van der Waals surface area (Å²) in [5.41, 5.74) is 3.15. The van der Waals surface area contributed by atoms with E-state index in [4.69, 9.17) is 16.3 Å². The normalized spacial score (nSPS) is 12.8. The molecule has 0 aromatic heterocycles. The fourth-order valence-electron chi connectivity index (χ4n) is 4.72. The number of ether oxygens (including phenoxy) is 1. The zero-order chi connectivity index (χ0) is 31.0. The minimum atomic E-state index is -1.00. The van der Waals surface area contributed by atoms with Crippen LogP contribution in [-0.4, -0.2) is 40.5 Å². The third-order valence-electron chi connectivity index (χ3n) is 6.78. The standard InChI is InChI=1S/C34H42ClN3O4/c1-8-24-17-19-26(20-18-24)30(31(39)37-29-23(4)13-12-16-27(29)35)38(22(2)3)32(40)28(21-25-14-10-9-11-15-25)36-33(41)42-34(5,6)7/h9-20,22,28,30H,8,21H2,1-7H3,(H,36,41)(H,37,39). The molecule has 0 fully saturated rings. The fourth-order valence-corrected chi connectivity index (χ4v) is 4.98. The summed E-state index contributed by atoms with van der Waals surface area (Å²) in [5, 5.41) is 6.17. The van der Waals surface area contributed by atoms with Crippen LogP contribution in [0.5, 0.6) is 0 Å². The molecule has 2 atom stereocenters. The van der Waals surface area contributed by atoms with Crippen LogP contribution in [0, 0.1) is 6.92 Å². The molecule has 0 aliphatic rings. The van der Waals surface area contributed by atoms with Crippen molar-refractivity contribution >= 4 is 35.2 Å². The molecule has 0 aliphatic heterocycles. The molecular weight excluding hydrogens is 550 g/mol. The fraction of sp³-hybridized carbons (Fsp3) is 0.382. The monoisotopic (exact) mass is 591 g/mol. The number of rotatable bonds is 10. The number of anilines is 1. The van der Waals surface area contributed by atoms with Gasteiger partial charge in [0.15, 0.2) is 0 Å². The van der Waals surface area contributed by atoms with E-state index in [2.05, 4.69) is 17.6 Å². The van der Waals surface area contributed by atoms with Crippen molar-refractivity contribution in [2.24, 2.45) is 0 Å². The maximum atomic E-state index is 14.5.